The summed E-state index contributed by atoms with van der Waals surface area (Å²) in [5.41, 5.74) is 0.563. The molecule has 0 radical (unpaired) electrons. The van der Waals surface area contributed by atoms with Crippen molar-refractivity contribution in [2.45, 2.75) is 0 Å². The third-order valence-corrected chi connectivity index (χ3v) is 1.99. The van der Waals surface area contributed by atoms with Gasteiger partial charge in [0.15, 0.2) is 0 Å². The highest BCUT2D eigenvalue weighted by Gasteiger charge is 2.07. The number of nitrogens with one attached hydrogen (secondary N) is 1. The molecule has 0 aliphatic rings. The number of anilines is 1. The molecule has 15 heavy (non-hydrogen) atoms. The Morgan fingerprint density at radius 2 is 2.07 bits per heavy atom. The molecule has 5 nitrogen and oxygen atoms in total. The maximum Gasteiger partial charge on any atom is 0.258 e. The number of imidazole rings is 1. The van der Waals surface area contributed by atoms with E-state index in [1.54, 1.807) is 41.5 Å². The van der Waals surface area contributed by atoms with Gasteiger partial charge in [0.1, 0.15) is 0 Å². The summed E-state index contributed by atoms with van der Waals surface area (Å²) < 4.78 is 1.74. The van der Waals surface area contributed by atoms with Crippen LogP contribution in [0.5, 0.6) is 0 Å². The van der Waals surface area contributed by atoms with Crippen LogP contribution in [-0.4, -0.2) is 20.4 Å². The monoisotopic (exact) mass is 202 g/mol. The molecular weight excluding hydrogens is 192 g/mol. The Hall–Kier alpha value is -2.17. The third kappa shape index (κ3) is 2.01. The summed E-state index contributed by atoms with van der Waals surface area (Å²) in [6.07, 6.45) is 6.55. The molecule has 2 aromatic heterocycles. The number of amides is 1. The maximum atomic E-state index is 11.7. The largest absolute Gasteiger partial charge is 0.320 e. The highest BCUT2D eigenvalue weighted by atomic mass is 16.1. The summed E-state index contributed by atoms with van der Waals surface area (Å²) in [6, 6.07) is 3.30. The Labute approximate surface area is 86.8 Å². The Bertz CT molecular complexity index is 463. The fourth-order valence-electron chi connectivity index (χ4n) is 1.16. The minimum Gasteiger partial charge on any atom is -0.320 e. The first-order chi connectivity index (χ1) is 7.27. The quantitative estimate of drug-likeness (QED) is 0.792. The van der Waals surface area contributed by atoms with Crippen LogP contribution in [0.2, 0.25) is 0 Å². The molecule has 0 saturated carbocycles. The van der Waals surface area contributed by atoms with Crippen LogP contribution in [0.1, 0.15) is 10.4 Å². The molecule has 0 atom stereocenters. The lowest BCUT2D eigenvalue weighted by Crippen LogP contribution is -2.14. The van der Waals surface area contributed by atoms with Gasteiger partial charge in [0.2, 0.25) is 5.95 Å². The zero-order valence-corrected chi connectivity index (χ0v) is 8.21. The zero-order chi connectivity index (χ0) is 10.7. The van der Waals surface area contributed by atoms with E-state index >= 15 is 0 Å². The number of aromatic nitrogens is 3. The highest BCUT2D eigenvalue weighted by Crippen LogP contribution is 2.04. The van der Waals surface area contributed by atoms with Crippen molar-refractivity contribution in [3.8, 4) is 0 Å². The number of aryl methyl sites for hydroxylation is 1. The van der Waals surface area contributed by atoms with E-state index in [1.807, 2.05) is 7.05 Å². The molecule has 0 aliphatic carbocycles. The van der Waals surface area contributed by atoms with Crippen molar-refractivity contribution < 1.29 is 4.79 Å². The minimum absolute atomic E-state index is 0.188. The van der Waals surface area contributed by atoms with Gasteiger partial charge in [0.05, 0.1) is 0 Å². The van der Waals surface area contributed by atoms with E-state index in [9.17, 15) is 4.79 Å². The van der Waals surface area contributed by atoms with E-state index < -0.39 is 0 Å². The van der Waals surface area contributed by atoms with Gasteiger partial charge in [-0.05, 0) is 12.1 Å². The standard InChI is InChI=1S/C10H10N4O/c1-14-7-6-12-10(14)13-9(15)8-2-4-11-5-3-8/h2-7H,1H3,(H,12,13,15). The smallest absolute Gasteiger partial charge is 0.258 e. The minimum atomic E-state index is -0.188. The van der Waals surface area contributed by atoms with Crippen molar-refractivity contribution in [1.82, 2.24) is 14.5 Å². The number of carbonyl (C=O) groups excluding carboxylic acids is 1. The second-order valence-corrected chi connectivity index (χ2v) is 3.05. The Balaban J connectivity index is 2.15. The summed E-state index contributed by atoms with van der Waals surface area (Å²) in [6.45, 7) is 0. The fraction of sp³-hybridized carbons (Fsp3) is 0.100. The van der Waals surface area contributed by atoms with Gasteiger partial charge >= 0.3 is 0 Å². The van der Waals surface area contributed by atoms with Crippen molar-refractivity contribution in [3.63, 3.8) is 0 Å². The van der Waals surface area contributed by atoms with Gasteiger partial charge in [-0.15, -0.1) is 0 Å². The average Bonchev–Trinajstić information content (AvgIpc) is 2.66. The molecule has 2 heterocycles. The topological polar surface area (TPSA) is 59.8 Å². The molecule has 0 bridgehead atoms. The van der Waals surface area contributed by atoms with Crippen molar-refractivity contribution in [1.29, 1.82) is 0 Å². The summed E-state index contributed by atoms with van der Waals surface area (Å²) in [5, 5.41) is 2.69. The van der Waals surface area contributed by atoms with E-state index in [1.165, 1.54) is 0 Å². The first kappa shape index (κ1) is 9.39. The molecule has 0 aromatic carbocycles. The molecular formula is C10H10N4O. The van der Waals surface area contributed by atoms with Gasteiger partial charge in [-0.3, -0.25) is 15.1 Å². The van der Waals surface area contributed by atoms with Gasteiger partial charge in [-0.2, -0.15) is 0 Å². The molecule has 1 N–H and O–H groups in total. The third-order valence-electron chi connectivity index (χ3n) is 1.99. The number of nitrogens with zero attached hydrogens (tertiary/aromatic N) is 3. The molecule has 0 spiro atoms. The molecule has 76 valence electrons. The lowest BCUT2D eigenvalue weighted by Gasteiger charge is -2.03. The number of hydrogen-bond acceptors (Lipinski definition) is 3. The van der Waals surface area contributed by atoms with Gasteiger partial charge in [-0.1, -0.05) is 0 Å². The number of hydrogen-bond donors (Lipinski definition) is 1. The second kappa shape index (κ2) is 3.91. The van der Waals surface area contributed by atoms with Crippen molar-refractivity contribution >= 4 is 11.9 Å². The Kier molecular flexibility index (Phi) is 2.45. The van der Waals surface area contributed by atoms with E-state index in [4.69, 9.17) is 0 Å². The van der Waals surface area contributed by atoms with Crippen LogP contribution in [-0.2, 0) is 7.05 Å². The molecule has 1 amide bonds. The Morgan fingerprint density at radius 3 is 2.67 bits per heavy atom. The lowest BCUT2D eigenvalue weighted by molar-refractivity contribution is 0.102. The van der Waals surface area contributed by atoms with Crippen LogP contribution < -0.4 is 5.32 Å². The van der Waals surface area contributed by atoms with E-state index in [0.717, 1.165) is 0 Å². The predicted molar refractivity (Wildman–Crippen MR) is 55.4 cm³/mol. The van der Waals surface area contributed by atoms with Crippen molar-refractivity contribution in [2.24, 2.45) is 7.05 Å². The molecule has 0 unspecified atom stereocenters. The lowest BCUT2D eigenvalue weighted by atomic mass is 10.2. The molecule has 2 rings (SSSR count). The summed E-state index contributed by atoms with van der Waals surface area (Å²) in [4.78, 5) is 19.5. The van der Waals surface area contributed by atoms with Crippen molar-refractivity contribution in [2.75, 3.05) is 5.32 Å². The first-order valence-electron chi connectivity index (χ1n) is 4.46. The number of rotatable bonds is 2. The summed E-state index contributed by atoms with van der Waals surface area (Å²) in [7, 11) is 1.81. The van der Waals surface area contributed by atoms with Crippen LogP contribution in [0.3, 0.4) is 0 Å². The normalized spacial score (nSPS) is 9.93. The van der Waals surface area contributed by atoms with E-state index in [2.05, 4.69) is 15.3 Å². The highest BCUT2D eigenvalue weighted by molar-refractivity contribution is 6.03. The first-order valence-corrected chi connectivity index (χ1v) is 4.46. The van der Waals surface area contributed by atoms with Crippen LogP contribution in [0.4, 0.5) is 5.95 Å². The summed E-state index contributed by atoms with van der Waals surface area (Å²) >= 11 is 0. The summed E-state index contributed by atoms with van der Waals surface area (Å²) in [5.74, 6) is 0.337. The average molecular weight is 202 g/mol. The fourth-order valence-corrected chi connectivity index (χ4v) is 1.16. The molecule has 5 heteroatoms. The predicted octanol–water partition coefficient (Wildman–Crippen LogP) is 1.07. The van der Waals surface area contributed by atoms with Crippen LogP contribution in [0.15, 0.2) is 36.9 Å². The van der Waals surface area contributed by atoms with Crippen molar-refractivity contribution in [3.05, 3.63) is 42.5 Å². The van der Waals surface area contributed by atoms with Crippen LogP contribution >= 0.6 is 0 Å². The SMILES string of the molecule is Cn1ccnc1NC(=O)c1ccncc1. The van der Waals surface area contributed by atoms with E-state index in [0.29, 0.717) is 11.5 Å². The maximum absolute atomic E-state index is 11.7. The number of pyridine rings is 1. The van der Waals surface area contributed by atoms with Gasteiger partial charge in [0.25, 0.3) is 5.91 Å². The number of carbonyl (C=O) groups is 1. The van der Waals surface area contributed by atoms with Crippen LogP contribution in [0.25, 0.3) is 0 Å². The zero-order valence-electron chi connectivity index (χ0n) is 8.21. The van der Waals surface area contributed by atoms with E-state index in [-0.39, 0.29) is 5.91 Å². The molecule has 2 aromatic rings. The van der Waals surface area contributed by atoms with Crippen LogP contribution in [0, 0.1) is 0 Å². The van der Waals surface area contributed by atoms with Gasteiger partial charge < -0.3 is 4.57 Å². The van der Waals surface area contributed by atoms with Gasteiger partial charge in [0, 0.05) is 37.4 Å². The molecule has 0 aliphatic heterocycles. The molecule has 0 saturated heterocycles. The Morgan fingerprint density at radius 1 is 1.33 bits per heavy atom. The second-order valence-electron chi connectivity index (χ2n) is 3.05. The molecule has 0 fully saturated rings. The van der Waals surface area contributed by atoms with Gasteiger partial charge in [-0.25, -0.2) is 4.98 Å².